The summed E-state index contributed by atoms with van der Waals surface area (Å²) in [6.07, 6.45) is 0. The summed E-state index contributed by atoms with van der Waals surface area (Å²) in [5.74, 6) is -0.302. The summed E-state index contributed by atoms with van der Waals surface area (Å²) in [6, 6.07) is 15.2. The van der Waals surface area contributed by atoms with Crippen LogP contribution in [0.15, 0.2) is 48.5 Å². The summed E-state index contributed by atoms with van der Waals surface area (Å²) in [5.41, 5.74) is 2.39. The number of hydrogen-bond acceptors (Lipinski definition) is 7. The second-order valence-electron chi connectivity index (χ2n) is 7.55. The van der Waals surface area contributed by atoms with E-state index in [4.69, 9.17) is 5.26 Å². The van der Waals surface area contributed by atoms with Crippen LogP contribution in [0, 0.1) is 28.4 Å². The number of hydrogen-bond donors (Lipinski definition) is 0. The van der Waals surface area contributed by atoms with E-state index in [0.717, 1.165) is 5.56 Å². The van der Waals surface area contributed by atoms with Crippen LogP contribution in [0.4, 0.5) is 5.69 Å². The molecule has 0 fully saturated rings. The molecule has 0 radical (unpaired) electrons. The van der Waals surface area contributed by atoms with Gasteiger partial charge in [-0.1, -0.05) is 23.4 Å². The third-order valence-electron chi connectivity index (χ3n) is 4.92. The van der Waals surface area contributed by atoms with Crippen LogP contribution in [0.1, 0.15) is 27.3 Å². The van der Waals surface area contributed by atoms with Crippen molar-refractivity contribution in [1.82, 2.24) is 24.8 Å². The maximum Gasteiger partial charge on any atom is 0.276 e. The first-order valence-electron chi connectivity index (χ1n) is 9.90. The number of nitrogens with zero attached hydrogens (tertiary/aromatic N) is 7. The third kappa shape index (κ3) is 5.14. The summed E-state index contributed by atoms with van der Waals surface area (Å²) in [5, 5.41) is 28.4. The Kier molecular flexibility index (Phi) is 6.92. The lowest BCUT2D eigenvalue weighted by atomic mass is 10.1. The second kappa shape index (κ2) is 9.80. The van der Waals surface area contributed by atoms with Crippen LogP contribution in [0.5, 0.6) is 0 Å². The van der Waals surface area contributed by atoms with Crippen molar-refractivity contribution in [2.24, 2.45) is 0 Å². The van der Waals surface area contributed by atoms with Crippen molar-refractivity contribution in [2.45, 2.75) is 13.5 Å². The zero-order valence-electron chi connectivity index (χ0n) is 18.1. The Balaban J connectivity index is 1.91. The van der Waals surface area contributed by atoms with Gasteiger partial charge in [0.1, 0.15) is 0 Å². The quantitative estimate of drug-likeness (QED) is 0.395. The average molecular weight is 433 g/mol. The fourth-order valence-electron chi connectivity index (χ4n) is 3.19. The van der Waals surface area contributed by atoms with Gasteiger partial charge in [-0.15, -0.1) is 5.10 Å². The van der Waals surface area contributed by atoms with Crippen molar-refractivity contribution in [3.8, 4) is 11.8 Å². The molecule has 0 saturated heterocycles. The van der Waals surface area contributed by atoms with Crippen LogP contribution in [0.3, 0.4) is 0 Å². The SMILES string of the molecule is Cc1c(C(=O)N(CCN(C)C)Cc2cccc(C#N)c2)nnn1-c1cccc([N+](=O)[O-])c1. The van der Waals surface area contributed by atoms with Crippen LogP contribution >= 0.6 is 0 Å². The van der Waals surface area contributed by atoms with Crippen LogP contribution in [0.2, 0.25) is 0 Å². The molecule has 0 spiro atoms. The molecule has 0 aliphatic rings. The highest BCUT2D eigenvalue weighted by Gasteiger charge is 2.24. The number of benzene rings is 2. The summed E-state index contributed by atoms with van der Waals surface area (Å²) in [4.78, 5) is 27.6. The van der Waals surface area contributed by atoms with Gasteiger partial charge < -0.3 is 9.80 Å². The lowest BCUT2D eigenvalue weighted by Crippen LogP contribution is -2.36. The number of likely N-dealkylation sites (N-methyl/N-ethyl adjacent to an activating group) is 1. The largest absolute Gasteiger partial charge is 0.332 e. The van der Waals surface area contributed by atoms with Crippen LogP contribution in [-0.2, 0) is 6.54 Å². The van der Waals surface area contributed by atoms with Gasteiger partial charge >= 0.3 is 0 Å². The van der Waals surface area contributed by atoms with E-state index in [1.807, 2.05) is 25.1 Å². The normalized spacial score (nSPS) is 10.7. The molecular formula is C22H23N7O3. The third-order valence-corrected chi connectivity index (χ3v) is 4.92. The van der Waals surface area contributed by atoms with E-state index in [0.29, 0.717) is 36.6 Å². The minimum Gasteiger partial charge on any atom is -0.332 e. The molecule has 1 aromatic heterocycles. The number of carbonyl (C=O) groups is 1. The molecule has 32 heavy (non-hydrogen) atoms. The fraction of sp³-hybridized carbons (Fsp3) is 0.273. The molecule has 0 N–H and O–H groups in total. The van der Waals surface area contributed by atoms with Crippen molar-refractivity contribution in [3.05, 3.63) is 81.2 Å². The number of aromatic nitrogens is 3. The van der Waals surface area contributed by atoms with Gasteiger partial charge in [-0.05, 0) is 44.8 Å². The standard InChI is InChI=1S/C22H23N7O3/c1-16-21(24-25-28(16)19-8-5-9-20(13-19)29(31)32)22(30)27(11-10-26(2)3)15-18-7-4-6-17(12-18)14-23/h4-9,12-13H,10-11,15H2,1-3H3. The average Bonchev–Trinajstić information content (AvgIpc) is 3.17. The highest BCUT2D eigenvalue weighted by atomic mass is 16.6. The van der Waals surface area contributed by atoms with E-state index in [2.05, 4.69) is 16.4 Å². The Bertz CT molecular complexity index is 1180. The summed E-state index contributed by atoms with van der Waals surface area (Å²) >= 11 is 0. The predicted molar refractivity (Wildman–Crippen MR) is 117 cm³/mol. The predicted octanol–water partition coefficient (Wildman–Crippen LogP) is 2.56. The van der Waals surface area contributed by atoms with E-state index < -0.39 is 4.92 Å². The lowest BCUT2D eigenvalue weighted by molar-refractivity contribution is -0.384. The minimum absolute atomic E-state index is 0.0738. The Labute approximate surface area is 185 Å². The number of rotatable bonds is 8. The van der Waals surface area contributed by atoms with E-state index in [1.165, 1.54) is 16.8 Å². The molecule has 0 aliphatic carbocycles. The molecule has 1 amide bonds. The molecule has 3 aromatic rings. The van der Waals surface area contributed by atoms with Gasteiger partial charge in [0.25, 0.3) is 11.6 Å². The summed E-state index contributed by atoms with van der Waals surface area (Å²) < 4.78 is 1.42. The molecule has 10 nitrogen and oxygen atoms in total. The number of non-ortho nitro benzene ring substituents is 1. The molecule has 164 valence electrons. The number of carbonyl (C=O) groups excluding carboxylic acids is 1. The van der Waals surface area contributed by atoms with Crippen LogP contribution < -0.4 is 0 Å². The molecule has 0 bridgehead atoms. The first-order valence-corrected chi connectivity index (χ1v) is 9.90. The Hall–Kier alpha value is -4.10. The van der Waals surface area contributed by atoms with Crippen molar-refractivity contribution < 1.29 is 9.72 Å². The van der Waals surface area contributed by atoms with E-state index >= 15 is 0 Å². The van der Waals surface area contributed by atoms with Gasteiger partial charge in [-0.25, -0.2) is 4.68 Å². The first kappa shape index (κ1) is 22.6. The second-order valence-corrected chi connectivity index (χ2v) is 7.55. The molecule has 0 aliphatic heterocycles. The van der Waals surface area contributed by atoms with Crippen molar-refractivity contribution in [1.29, 1.82) is 5.26 Å². The maximum atomic E-state index is 13.4. The van der Waals surface area contributed by atoms with E-state index in [1.54, 1.807) is 42.2 Å². The number of nitro benzene ring substituents is 1. The van der Waals surface area contributed by atoms with Gasteiger partial charge in [0.15, 0.2) is 5.69 Å². The molecular weight excluding hydrogens is 410 g/mol. The fourth-order valence-corrected chi connectivity index (χ4v) is 3.19. The molecule has 10 heteroatoms. The maximum absolute atomic E-state index is 13.4. The van der Waals surface area contributed by atoms with Crippen LogP contribution in [0.25, 0.3) is 5.69 Å². The lowest BCUT2D eigenvalue weighted by Gasteiger charge is -2.24. The van der Waals surface area contributed by atoms with Gasteiger partial charge in [-0.3, -0.25) is 14.9 Å². The Morgan fingerprint density at radius 2 is 1.94 bits per heavy atom. The van der Waals surface area contributed by atoms with Gasteiger partial charge in [0, 0.05) is 31.8 Å². The highest BCUT2D eigenvalue weighted by Crippen LogP contribution is 2.19. The molecule has 2 aromatic carbocycles. The summed E-state index contributed by atoms with van der Waals surface area (Å²) in [6.45, 7) is 3.10. The molecule has 0 saturated carbocycles. The smallest absolute Gasteiger partial charge is 0.276 e. The molecule has 0 unspecified atom stereocenters. The van der Waals surface area contributed by atoms with Gasteiger partial charge in [0.2, 0.25) is 0 Å². The van der Waals surface area contributed by atoms with Gasteiger partial charge in [-0.2, -0.15) is 5.26 Å². The topological polar surface area (TPSA) is 121 Å². The van der Waals surface area contributed by atoms with Crippen molar-refractivity contribution in [2.75, 3.05) is 27.2 Å². The zero-order chi connectivity index (χ0) is 23.3. The first-order chi connectivity index (χ1) is 15.3. The Morgan fingerprint density at radius 1 is 1.19 bits per heavy atom. The minimum atomic E-state index is -0.486. The molecule has 3 rings (SSSR count). The van der Waals surface area contributed by atoms with Gasteiger partial charge in [0.05, 0.1) is 27.9 Å². The van der Waals surface area contributed by atoms with Crippen LogP contribution in [-0.4, -0.2) is 62.8 Å². The highest BCUT2D eigenvalue weighted by molar-refractivity contribution is 5.93. The van der Waals surface area contributed by atoms with Crippen molar-refractivity contribution in [3.63, 3.8) is 0 Å². The summed E-state index contributed by atoms with van der Waals surface area (Å²) in [7, 11) is 3.84. The Morgan fingerprint density at radius 3 is 2.62 bits per heavy atom. The number of amides is 1. The monoisotopic (exact) mass is 433 g/mol. The van der Waals surface area contributed by atoms with E-state index in [-0.39, 0.29) is 17.3 Å². The molecule has 0 atom stereocenters. The number of nitro groups is 1. The zero-order valence-corrected chi connectivity index (χ0v) is 18.1. The van der Waals surface area contributed by atoms with Crippen molar-refractivity contribution >= 4 is 11.6 Å². The van der Waals surface area contributed by atoms with E-state index in [9.17, 15) is 14.9 Å². The number of nitriles is 1. The molecule has 1 heterocycles.